The van der Waals surface area contributed by atoms with E-state index >= 15 is 0 Å². The molecule has 1 heterocycles. The monoisotopic (exact) mass is 218 g/mol. The molecule has 16 heavy (non-hydrogen) atoms. The molecule has 0 aliphatic carbocycles. The quantitative estimate of drug-likeness (QED) is 0.795. The van der Waals surface area contributed by atoms with Gasteiger partial charge in [0, 0.05) is 12.4 Å². The molecule has 3 nitrogen and oxygen atoms in total. The minimum atomic E-state index is -0.332. The number of pyridine rings is 1. The van der Waals surface area contributed by atoms with Crippen LogP contribution in [0.3, 0.4) is 0 Å². The van der Waals surface area contributed by atoms with Crippen molar-refractivity contribution in [3.8, 4) is 0 Å². The minimum Gasteiger partial charge on any atom is -0.355 e. The van der Waals surface area contributed by atoms with E-state index in [-0.39, 0.29) is 11.7 Å². The number of hydrogen-bond acceptors (Lipinski definition) is 2. The molecule has 1 N–H and O–H groups in total. The number of carbonyl (C=O) groups excluding carboxylic acids is 1. The fourth-order valence-electron chi connectivity index (χ4n) is 1.61. The van der Waals surface area contributed by atoms with Crippen LogP contribution in [0.25, 0.3) is 10.9 Å². The summed E-state index contributed by atoms with van der Waals surface area (Å²) in [7, 11) is 1.55. The van der Waals surface area contributed by atoms with Gasteiger partial charge in [0.1, 0.15) is 5.82 Å². The smallest absolute Gasteiger partial charge is 0.252 e. The fourth-order valence-corrected chi connectivity index (χ4v) is 1.61. The third-order valence-corrected chi connectivity index (χ3v) is 2.44. The van der Waals surface area contributed by atoms with E-state index in [0.29, 0.717) is 22.2 Å². The van der Waals surface area contributed by atoms with E-state index in [9.17, 15) is 9.18 Å². The van der Waals surface area contributed by atoms with Crippen LogP contribution in [-0.4, -0.2) is 17.9 Å². The topological polar surface area (TPSA) is 42.0 Å². The second-order valence-electron chi connectivity index (χ2n) is 3.54. The van der Waals surface area contributed by atoms with Crippen molar-refractivity contribution in [2.75, 3.05) is 7.05 Å². The molecule has 0 bridgehead atoms. The molecule has 0 saturated heterocycles. The van der Waals surface area contributed by atoms with E-state index in [1.807, 2.05) is 0 Å². The Morgan fingerprint density at radius 1 is 1.38 bits per heavy atom. The number of carbonyl (C=O) groups is 1. The van der Waals surface area contributed by atoms with Gasteiger partial charge < -0.3 is 5.32 Å². The molecule has 1 amide bonds. The third-order valence-electron chi connectivity index (χ3n) is 2.44. The lowest BCUT2D eigenvalue weighted by atomic mass is 10.1. The van der Waals surface area contributed by atoms with Crippen molar-refractivity contribution < 1.29 is 9.18 Å². The SMILES string of the molecule is CNC(=O)c1cc2cc(F)ccc2nc1C. The first-order chi connectivity index (χ1) is 7.61. The number of benzene rings is 1. The molecule has 0 aliphatic heterocycles. The molecule has 0 unspecified atom stereocenters. The first-order valence-corrected chi connectivity index (χ1v) is 4.91. The number of hydrogen-bond donors (Lipinski definition) is 1. The molecule has 0 atom stereocenters. The Labute approximate surface area is 92.3 Å². The van der Waals surface area contributed by atoms with E-state index in [1.54, 1.807) is 26.1 Å². The number of aryl methyl sites for hydroxylation is 1. The highest BCUT2D eigenvalue weighted by atomic mass is 19.1. The zero-order valence-corrected chi connectivity index (χ0v) is 9.04. The van der Waals surface area contributed by atoms with E-state index in [1.165, 1.54) is 12.1 Å². The first kappa shape index (κ1) is 10.5. The molecule has 0 aliphatic rings. The van der Waals surface area contributed by atoms with Gasteiger partial charge in [0.2, 0.25) is 0 Å². The third kappa shape index (κ3) is 1.74. The summed E-state index contributed by atoms with van der Waals surface area (Å²) < 4.78 is 13.0. The summed E-state index contributed by atoms with van der Waals surface area (Å²) in [4.78, 5) is 15.8. The maximum absolute atomic E-state index is 13.0. The van der Waals surface area contributed by atoms with E-state index in [0.717, 1.165) is 0 Å². The zero-order valence-electron chi connectivity index (χ0n) is 9.04. The Morgan fingerprint density at radius 3 is 2.81 bits per heavy atom. The van der Waals surface area contributed by atoms with Crippen molar-refractivity contribution in [2.45, 2.75) is 6.92 Å². The number of rotatable bonds is 1. The number of nitrogens with zero attached hydrogens (tertiary/aromatic N) is 1. The summed E-state index contributed by atoms with van der Waals surface area (Å²) in [6.07, 6.45) is 0. The molecular formula is C12H11FN2O. The van der Waals surface area contributed by atoms with Gasteiger partial charge in [0.05, 0.1) is 16.8 Å². The predicted octanol–water partition coefficient (Wildman–Crippen LogP) is 2.04. The highest BCUT2D eigenvalue weighted by molar-refractivity contribution is 5.98. The van der Waals surface area contributed by atoms with Crippen LogP contribution in [0.1, 0.15) is 16.1 Å². The van der Waals surface area contributed by atoms with Crippen LogP contribution in [0.4, 0.5) is 4.39 Å². The van der Waals surface area contributed by atoms with Crippen molar-refractivity contribution in [1.82, 2.24) is 10.3 Å². The van der Waals surface area contributed by atoms with Crippen LogP contribution in [0, 0.1) is 12.7 Å². The Morgan fingerprint density at radius 2 is 2.12 bits per heavy atom. The van der Waals surface area contributed by atoms with E-state index in [4.69, 9.17) is 0 Å². The molecule has 0 fully saturated rings. The van der Waals surface area contributed by atoms with Gasteiger partial charge in [-0.2, -0.15) is 0 Å². The van der Waals surface area contributed by atoms with Crippen molar-refractivity contribution in [3.05, 3.63) is 41.3 Å². The van der Waals surface area contributed by atoms with Crippen LogP contribution in [-0.2, 0) is 0 Å². The molecule has 82 valence electrons. The van der Waals surface area contributed by atoms with E-state index < -0.39 is 0 Å². The summed E-state index contributed by atoms with van der Waals surface area (Å²) in [6.45, 7) is 1.76. The largest absolute Gasteiger partial charge is 0.355 e. The van der Waals surface area contributed by atoms with Gasteiger partial charge in [-0.05, 0) is 31.2 Å². The lowest BCUT2D eigenvalue weighted by Crippen LogP contribution is -2.19. The van der Waals surface area contributed by atoms with Gasteiger partial charge in [0.25, 0.3) is 5.91 Å². The van der Waals surface area contributed by atoms with Gasteiger partial charge in [-0.15, -0.1) is 0 Å². The van der Waals surface area contributed by atoms with Gasteiger partial charge in [-0.3, -0.25) is 9.78 Å². The summed E-state index contributed by atoms with van der Waals surface area (Å²) in [5.74, 6) is -0.544. The molecule has 2 aromatic rings. The summed E-state index contributed by atoms with van der Waals surface area (Å²) >= 11 is 0. The molecule has 0 saturated carbocycles. The highest BCUT2D eigenvalue weighted by Gasteiger charge is 2.10. The van der Waals surface area contributed by atoms with Gasteiger partial charge in [-0.1, -0.05) is 0 Å². The molecule has 4 heteroatoms. The van der Waals surface area contributed by atoms with Crippen molar-refractivity contribution in [1.29, 1.82) is 0 Å². The Hall–Kier alpha value is -1.97. The minimum absolute atomic E-state index is 0.212. The normalized spacial score (nSPS) is 10.4. The number of aromatic nitrogens is 1. The van der Waals surface area contributed by atoms with Crippen molar-refractivity contribution in [2.24, 2.45) is 0 Å². The molecule has 1 aromatic carbocycles. The Bertz CT molecular complexity index is 566. The standard InChI is InChI=1S/C12H11FN2O/c1-7-10(12(16)14-2)6-8-5-9(13)3-4-11(8)15-7/h3-6H,1-2H3,(H,14,16). The van der Waals surface area contributed by atoms with Gasteiger partial charge in [-0.25, -0.2) is 4.39 Å². The predicted molar refractivity (Wildman–Crippen MR) is 59.8 cm³/mol. The maximum atomic E-state index is 13.0. The maximum Gasteiger partial charge on any atom is 0.252 e. The van der Waals surface area contributed by atoms with Crippen LogP contribution < -0.4 is 5.32 Å². The first-order valence-electron chi connectivity index (χ1n) is 4.91. The lowest BCUT2D eigenvalue weighted by Gasteiger charge is -2.06. The van der Waals surface area contributed by atoms with Gasteiger partial charge >= 0.3 is 0 Å². The Kier molecular flexibility index (Phi) is 2.56. The molecular weight excluding hydrogens is 207 g/mol. The van der Waals surface area contributed by atoms with Crippen molar-refractivity contribution in [3.63, 3.8) is 0 Å². The lowest BCUT2D eigenvalue weighted by molar-refractivity contribution is 0.0962. The van der Waals surface area contributed by atoms with Crippen LogP contribution in [0.2, 0.25) is 0 Å². The zero-order chi connectivity index (χ0) is 11.7. The van der Waals surface area contributed by atoms with Crippen LogP contribution >= 0.6 is 0 Å². The average Bonchev–Trinajstić information content (AvgIpc) is 2.28. The highest BCUT2D eigenvalue weighted by Crippen LogP contribution is 2.17. The summed E-state index contributed by atoms with van der Waals surface area (Å²) in [5, 5.41) is 3.16. The fraction of sp³-hybridized carbons (Fsp3) is 0.167. The summed E-state index contributed by atoms with van der Waals surface area (Å²) in [6, 6.07) is 5.98. The molecule has 1 aromatic heterocycles. The number of fused-ring (bicyclic) bond motifs is 1. The second kappa shape index (κ2) is 3.89. The molecule has 2 rings (SSSR count). The average molecular weight is 218 g/mol. The van der Waals surface area contributed by atoms with E-state index in [2.05, 4.69) is 10.3 Å². The number of nitrogens with one attached hydrogen (secondary N) is 1. The van der Waals surface area contributed by atoms with Gasteiger partial charge in [0.15, 0.2) is 0 Å². The molecule has 0 spiro atoms. The molecule has 0 radical (unpaired) electrons. The Balaban J connectivity index is 2.68. The second-order valence-corrected chi connectivity index (χ2v) is 3.54. The number of halogens is 1. The van der Waals surface area contributed by atoms with Crippen LogP contribution in [0.15, 0.2) is 24.3 Å². The number of amides is 1. The van der Waals surface area contributed by atoms with Crippen molar-refractivity contribution >= 4 is 16.8 Å². The summed E-state index contributed by atoms with van der Waals surface area (Å²) in [5.41, 5.74) is 1.80. The van der Waals surface area contributed by atoms with Crippen LogP contribution in [0.5, 0.6) is 0 Å².